The van der Waals surface area contributed by atoms with Gasteiger partial charge < -0.3 is 24.1 Å². The second-order valence-electron chi connectivity index (χ2n) is 6.33. The van der Waals surface area contributed by atoms with Crippen molar-refractivity contribution in [3.8, 4) is 23.0 Å². The lowest BCUT2D eigenvalue weighted by atomic mass is 10.2. The van der Waals surface area contributed by atoms with E-state index in [0.29, 0.717) is 5.75 Å². The molecule has 0 atom stereocenters. The molecule has 0 aliphatic heterocycles. The van der Waals surface area contributed by atoms with Gasteiger partial charge >= 0.3 is 5.97 Å². The predicted molar refractivity (Wildman–Crippen MR) is 113 cm³/mol. The van der Waals surface area contributed by atoms with Crippen LogP contribution in [0, 0.1) is 0 Å². The Bertz CT molecular complexity index is 999. The summed E-state index contributed by atoms with van der Waals surface area (Å²) in [4.78, 5) is 11.5. The largest absolute Gasteiger partial charge is 0.497 e. The Morgan fingerprint density at radius 3 is 1.77 bits per heavy atom. The summed E-state index contributed by atoms with van der Waals surface area (Å²) in [6.07, 6.45) is 0. The molecule has 0 heterocycles. The summed E-state index contributed by atoms with van der Waals surface area (Å²) < 4.78 is 22.0. The Labute approximate surface area is 179 Å². The van der Waals surface area contributed by atoms with E-state index < -0.39 is 5.97 Å². The first-order valence-electron chi connectivity index (χ1n) is 9.09. The number of hydrogen-bond acceptors (Lipinski definition) is 5. The zero-order valence-electron chi connectivity index (χ0n) is 16.6. The molecule has 0 saturated carbocycles. The van der Waals surface area contributed by atoms with Gasteiger partial charge in [-0.15, -0.1) is 0 Å². The van der Waals surface area contributed by atoms with Gasteiger partial charge in [0.05, 0.1) is 19.8 Å². The number of aromatic carboxylic acids is 1. The van der Waals surface area contributed by atoms with Crippen LogP contribution in [0.5, 0.6) is 23.0 Å². The van der Waals surface area contributed by atoms with Gasteiger partial charge in [-0.3, -0.25) is 0 Å². The molecule has 1 N–H and O–H groups in total. The van der Waals surface area contributed by atoms with Crippen molar-refractivity contribution in [3.05, 3.63) is 82.4 Å². The second kappa shape index (κ2) is 9.89. The molecule has 0 saturated heterocycles. The Morgan fingerprint density at radius 2 is 1.30 bits per heavy atom. The van der Waals surface area contributed by atoms with E-state index in [2.05, 4.69) is 0 Å². The smallest absolute Gasteiger partial charge is 0.337 e. The number of halogens is 1. The zero-order chi connectivity index (χ0) is 21.5. The molecule has 0 bridgehead atoms. The fourth-order valence-corrected chi connectivity index (χ4v) is 3.00. The number of benzene rings is 3. The predicted octanol–water partition coefficient (Wildman–Crippen LogP) is 5.21. The van der Waals surface area contributed by atoms with E-state index in [-0.39, 0.29) is 29.5 Å². The van der Waals surface area contributed by atoms with Crippen LogP contribution in [0.3, 0.4) is 0 Å². The van der Waals surface area contributed by atoms with E-state index in [1.54, 1.807) is 20.3 Å². The van der Waals surface area contributed by atoms with E-state index in [9.17, 15) is 9.90 Å². The summed E-state index contributed by atoms with van der Waals surface area (Å²) in [6.45, 7) is 0.442. The summed E-state index contributed by atoms with van der Waals surface area (Å²) in [5.74, 6) is 0.871. The standard InChI is InChI=1S/C23H21ClO6/c1-27-17-7-3-15(4-8-17)13-29-20-12-11-19(23(25)26)21(24)22(20)30-14-16-5-9-18(28-2)10-6-16/h3-12H,13-14H2,1-2H3,(H,25,26). The number of carboxylic acid groups (broad SMARTS) is 1. The third-order valence-electron chi connectivity index (χ3n) is 4.39. The van der Waals surface area contributed by atoms with Crippen molar-refractivity contribution in [3.63, 3.8) is 0 Å². The van der Waals surface area contributed by atoms with Crippen molar-refractivity contribution in [2.24, 2.45) is 0 Å². The summed E-state index contributed by atoms with van der Waals surface area (Å²) in [5, 5.41) is 9.36. The van der Waals surface area contributed by atoms with Gasteiger partial charge in [0.25, 0.3) is 0 Å². The van der Waals surface area contributed by atoms with E-state index in [1.165, 1.54) is 6.07 Å². The van der Waals surface area contributed by atoms with E-state index in [1.807, 2.05) is 48.5 Å². The highest BCUT2D eigenvalue weighted by Gasteiger charge is 2.19. The van der Waals surface area contributed by atoms with Gasteiger partial charge in [-0.05, 0) is 47.5 Å². The van der Waals surface area contributed by atoms with Gasteiger partial charge in [-0.1, -0.05) is 35.9 Å². The number of carboxylic acids is 1. The summed E-state index contributed by atoms with van der Waals surface area (Å²) in [7, 11) is 3.19. The molecule has 3 aromatic carbocycles. The maximum atomic E-state index is 11.5. The first-order valence-corrected chi connectivity index (χ1v) is 9.47. The molecule has 0 fully saturated rings. The van der Waals surface area contributed by atoms with Gasteiger partial charge in [0.1, 0.15) is 29.7 Å². The number of methoxy groups -OCH3 is 2. The van der Waals surface area contributed by atoms with Crippen molar-refractivity contribution in [1.29, 1.82) is 0 Å². The molecule has 7 heteroatoms. The molecule has 6 nitrogen and oxygen atoms in total. The molecule has 3 aromatic rings. The van der Waals surface area contributed by atoms with Crippen molar-refractivity contribution >= 4 is 17.6 Å². The van der Waals surface area contributed by atoms with Crippen LogP contribution in [-0.4, -0.2) is 25.3 Å². The van der Waals surface area contributed by atoms with Crippen LogP contribution < -0.4 is 18.9 Å². The molecule has 0 spiro atoms. The minimum atomic E-state index is -1.14. The highest BCUT2D eigenvalue weighted by molar-refractivity contribution is 6.35. The average molecular weight is 429 g/mol. The van der Waals surface area contributed by atoms with Gasteiger partial charge in [-0.2, -0.15) is 0 Å². The Balaban J connectivity index is 1.80. The van der Waals surface area contributed by atoms with E-state index in [4.69, 9.17) is 30.5 Å². The molecule has 156 valence electrons. The van der Waals surface area contributed by atoms with Crippen LogP contribution in [0.4, 0.5) is 0 Å². The minimum Gasteiger partial charge on any atom is -0.497 e. The molecule has 0 radical (unpaired) electrons. The molecule has 3 rings (SSSR count). The minimum absolute atomic E-state index is 0.0109. The Morgan fingerprint density at radius 1 is 0.800 bits per heavy atom. The highest BCUT2D eigenvalue weighted by atomic mass is 35.5. The molecule has 0 aliphatic rings. The van der Waals surface area contributed by atoms with Gasteiger partial charge in [0.15, 0.2) is 11.5 Å². The highest BCUT2D eigenvalue weighted by Crippen LogP contribution is 2.39. The lowest BCUT2D eigenvalue weighted by Crippen LogP contribution is -2.05. The van der Waals surface area contributed by atoms with E-state index in [0.717, 1.165) is 22.6 Å². The van der Waals surface area contributed by atoms with Crippen LogP contribution in [0.2, 0.25) is 5.02 Å². The van der Waals surface area contributed by atoms with Gasteiger partial charge in [0, 0.05) is 0 Å². The van der Waals surface area contributed by atoms with Crippen molar-refractivity contribution in [2.45, 2.75) is 13.2 Å². The number of rotatable bonds is 9. The van der Waals surface area contributed by atoms with Crippen LogP contribution in [0.1, 0.15) is 21.5 Å². The zero-order valence-corrected chi connectivity index (χ0v) is 17.3. The van der Waals surface area contributed by atoms with Crippen LogP contribution in [-0.2, 0) is 13.2 Å². The lowest BCUT2D eigenvalue weighted by Gasteiger charge is -2.16. The van der Waals surface area contributed by atoms with Crippen LogP contribution in [0.15, 0.2) is 60.7 Å². The fourth-order valence-electron chi connectivity index (χ4n) is 2.71. The lowest BCUT2D eigenvalue weighted by molar-refractivity contribution is 0.0696. The number of hydrogen-bond donors (Lipinski definition) is 1. The van der Waals surface area contributed by atoms with Crippen LogP contribution in [0.25, 0.3) is 0 Å². The van der Waals surface area contributed by atoms with Gasteiger partial charge in [0.2, 0.25) is 0 Å². The van der Waals surface area contributed by atoms with Crippen LogP contribution >= 0.6 is 11.6 Å². The molecule has 0 unspecified atom stereocenters. The topological polar surface area (TPSA) is 74.2 Å². The Hall–Kier alpha value is -3.38. The molecule has 30 heavy (non-hydrogen) atoms. The Kier molecular flexibility index (Phi) is 7.03. The molecular weight excluding hydrogens is 408 g/mol. The quantitative estimate of drug-likeness (QED) is 0.504. The summed E-state index contributed by atoms with van der Waals surface area (Å²) >= 11 is 6.32. The molecule has 0 aliphatic carbocycles. The summed E-state index contributed by atoms with van der Waals surface area (Å²) in [5.41, 5.74) is 1.72. The van der Waals surface area contributed by atoms with Crippen molar-refractivity contribution in [1.82, 2.24) is 0 Å². The first-order chi connectivity index (χ1) is 14.5. The van der Waals surface area contributed by atoms with Crippen molar-refractivity contribution in [2.75, 3.05) is 14.2 Å². The summed E-state index contributed by atoms with van der Waals surface area (Å²) in [6, 6.07) is 17.7. The average Bonchev–Trinajstić information content (AvgIpc) is 2.77. The monoisotopic (exact) mass is 428 g/mol. The maximum Gasteiger partial charge on any atom is 0.337 e. The second-order valence-corrected chi connectivity index (χ2v) is 6.71. The third kappa shape index (κ3) is 5.15. The number of ether oxygens (including phenoxy) is 4. The first kappa shape index (κ1) is 21.3. The van der Waals surface area contributed by atoms with Crippen molar-refractivity contribution < 1.29 is 28.8 Å². The third-order valence-corrected chi connectivity index (χ3v) is 4.76. The van der Waals surface area contributed by atoms with E-state index >= 15 is 0 Å². The normalized spacial score (nSPS) is 10.4. The van der Waals surface area contributed by atoms with Gasteiger partial charge in [-0.25, -0.2) is 4.79 Å². The maximum absolute atomic E-state index is 11.5. The fraction of sp³-hybridized carbons (Fsp3) is 0.174. The number of carbonyl (C=O) groups is 1. The molecule has 0 aromatic heterocycles. The molecule has 0 amide bonds. The SMILES string of the molecule is COc1ccc(COc2ccc(C(=O)O)c(Cl)c2OCc2ccc(OC)cc2)cc1. The molecular formula is C23H21ClO6.